The summed E-state index contributed by atoms with van der Waals surface area (Å²) in [6, 6.07) is 5.10. The number of hydrogen-bond donors (Lipinski definition) is 1. The molecule has 1 N–H and O–H groups in total. The number of halogens is 2. The molecule has 1 nitrogen and oxygen atoms in total. The van der Waals surface area contributed by atoms with Crippen molar-refractivity contribution in [2.24, 2.45) is 0 Å². The Bertz CT molecular complexity index is 323. The summed E-state index contributed by atoms with van der Waals surface area (Å²) < 4.78 is 25.0. The van der Waals surface area contributed by atoms with Crippen LogP contribution in [0.25, 0.3) is 0 Å². The second-order valence-corrected chi connectivity index (χ2v) is 3.85. The first kappa shape index (κ1) is 12.1. The van der Waals surface area contributed by atoms with Crippen LogP contribution in [0.1, 0.15) is 16.7 Å². The molecule has 1 atom stereocenters. The van der Waals surface area contributed by atoms with Gasteiger partial charge >= 0.3 is 0 Å². The van der Waals surface area contributed by atoms with E-state index in [1.807, 2.05) is 32.0 Å². The van der Waals surface area contributed by atoms with E-state index in [2.05, 4.69) is 5.32 Å². The molecule has 0 aliphatic carbocycles. The molecule has 0 radical (unpaired) electrons. The van der Waals surface area contributed by atoms with Gasteiger partial charge in [0.15, 0.2) is 0 Å². The molecule has 1 aromatic rings. The van der Waals surface area contributed by atoms with Crippen molar-refractivity contribution in [2.45, 2.75) is 32.7 Å². The smallest absolute Gasteiger partial charge is 0.254 e. The van der Waals surface area contributed by atoms with Crippen molar-refractivity contribution in [3.8, 4) is 0 Å². The van der Waals surface area contributed by atoms with Crippen LogP contribution in [0.5, 0.6) is 0 Å². The van der Waals surface area contributed by atoms with E-state index in [0.717, 1.165) is 11.1 Å². The third-order valence-electron chi connectivity index (χ3n) is 2.70. The normalized spacial score (nSPS) is 13.2. The Kier molecular flexibility index (Phi) is 4.21. The Hall–Kier alpha value is -0.960. The number of benzene rings is 1. The highest BCUT2D eigenvalue weighted by molar-refractivity contribution is 5.30. The molecule has 15 heavy (non-hydrogen) atoms. The van der Waals surface area contributed by atoms with Crippen LogP contribution in [0.15, 0.2) is 18.2 Å². The highest BCUT2D eigenvalue weighted by Crippen LogP contribution is 2.13. The van der Waals surface area contributed by atoms with E-state index < -0.39 is 12.5 Å². The van der Waals surface area contributed by atoms with Gasteiger partial charge in [0.25, 0.3) is 6.43 Å². The van der Waals surface area contributed by atoms with Crippen LogP contribution < -0.4 is 5.32 Å². The lowest BCUT2D eigenvalue weighted by Gasteiger charge is -2.15. The molecule has 0 heterocycles. The van der Waals surface area contributed by atoms with E-state index in [9.17, 15) is 8.78 Å². The van der Waals surface area contributed by atoms with E-state index in [-0.39, 0.29) is 0 Å². The van der Waals surface area contributed by atoms with Crippen LogP contribution in [0, 0.1) is 13.8 Å². The van der Waals surface area contributed by atoms with Crippen LogP contribution >= 0.6 is 0 Å². The fraction of sp³-hybridized carbons (Fsp3) is 0.500. The Morgan fingerprint density at radius 2 is 1.87 bits per heavy atom. The topological polar surface area (TPSA) is 12.0 Å². The van der Waals surface area contributed by atoms with E-state index in [1.54, 1.807) is 7.05 Å². The number of nitrogens with one attached hydrogen (secondary N) is 1. The maximum absolute atomic E-state index is 12.5. The zero-order valence-electron chi connectivity index (χ0n) is 9.35. The fourth-order valence-electron chi connectivity index (χ4n) is 1.50. The molecule has 1 rings (SSSR count). The molecule has 0 aliphatic heterocycles. The SMILES string of the molecule is CNC(Cc1ccc(C)c(C)c1)C(F)F. The first-order valence-electron chi connectivity index (χ1n) is 5.06. The monoisotopic (exact) mass is 213 g/mol. The molecule has 3 heteroatoms. The van der Waals surface area contributed by atoms with E-state index in [1.165, 1.54) is 5.56 Å². The van der Waals surface area contributed by atoms with Gasteiger partial charge in [0.1, 0.15) is 0 Å². The predicted octanol–water partition coefficient (Wildman–Crippen LogP) is 2.70. The van der Waals surface area contributed by atoms with Gasteiger partial charge in [-0.05, 0) is 44.0 Å². The molecule has 0 fully saturated rings. The number of rotatable bonds is 4. The number of alkyl halides is 2. The van der Waals surface area contributed by atoms with Crippen LogP contribution in [0.4, 0.5) is 8.78 Å². The van der Waals surface area contributed by atoms with Gasteiger partial charge in [-0.25, -0.2) is 8.78 Å². The second kappa shape index (κ2) is 5.21. The molecule has 0 aliphatic rings. The van der Waals surface area contributed by atoms with Gasteiger partial charge < -0.3 is 5.32 Å². The summed E-state index contributed by atoms with van der Waals surface area (Å²) in [5.74, 6) is 0. The van der Waals surface area contributed by atoms with Gasteiger partial charge in [-0.1, -0.05) is 18.2 Å². The zero-order chi connectivity index (χ0) is 11.4. The van der Waals surface area contributed by atoms with Crippen molar-refractivity contribution in [1.29, 1.82) is 0 Å². The van der Waals surface area contributed by atoms with Crippen molar-refractivity contribution < 1.29 is 8.78 Å². The van der Waals surface area contributed by atoms with Crippen LogP contribution in [0.3, 0.4) is 0 Å². The lowest BCUT2D eigenvalue weighted by Crippen LogP contribution is -2.34. The van der Waals surface area contributed by atoms with Gasteiger partial charge in [0, 0.05) is 0 Å². The average Bonchev–Trinajstić information content (AvgIpc) is 2.19. The van der Waals surface area contributed by atoms with E-state index >= 15 is 0 Å². The third-order valence-corrected chi connectivity index (χ3v) is 2.70. The molecule has 0 aromatic heterocycles. The van der Waals surface area contributed by atoms with Crippen molar-refractivity contribution in [2.75, 3.05) is 7.05 Å². The van der Waals surface area contributed by atoms with Gasteiger partial charge in [-0.3, -0.25) is 0 Å². The minimum Gasteiger partial charge on any atom is -0.312 e. The molecule has 84 valence electrons. The summed E-state index contributed by atoms with van der Waals surface area (Å²) in [5, 5.41) is 2.63. The minimum absolute atomic E-state index is 0.370. The van der Waals surface area contributed by atoms with E-state index in [4.69, 9.17) is 0 Å². The molecule has 0 saturated heterocycles. The molecular weight excluding hydrogens is 196 g/mol. The second-order valence-electron chi connectivity index (χ2n) is 3.85. The largest absolute Gasteiger partial charge is 0.312 e. The molecular formula is C12H17F2N. The highest BCUT2D eigenvalue weighted by atomic mass is 19.3. The van der Waals surface area contributed by atoms with Gasteiger partial charge in [-0.15, -0.1) is 0 Å². The lowest BCUT2D eigenvalue weighted by atomic mass is 10.0. The van der Waals surface area contributed by atoms with Crippen LogP contribution in [-0.4, -0.2) is 19.5 Å². The van der Waals surface area contributed by atoms with Gasteiger partial charge in [0.05, 0.1) is 6.04 Å². The first-order chi connectivity index (χ1) is 7.04. The lowest BCUT2D eigenvalue weighted by molar-refractivity contribution is 0.102. The van der Waals surface area contributed by atoms with Gasteiger partial charge in [0.2, 0.25) is 0 Å². The number of hydrogen-bond acceptors (Lipinski definition) is 1. The molecule has 1 aromatic carbocycles. The standard InChI is InChI=1S/C12H17F2N/c1-8-4-5-10(6-9(8)2)7-11(15-3)12(13)14/h4-6,11-12,15H,7H2,1-3H3. The summed E-state index contributed by atoms with van der Waals surface area (Å²) in [7, 11) is 1.57. The molecule has 0 saturated carbocycles. The summed E-state index contributed by atoms with van der Waals surface area (Å²) in [6.07, 6.45) is -1.95. The van der Waals surface area contributed by atoms with Gasteiger partial charge in [-0.2, -0.15) is 0 Å². The highest BCUT2D eigenvalue weighted by Gasteiger charge is 2.18. The summed E-state index contributed by atoms with van der Waals surface area (Å²) in [6.45, 7) is 4.01. The molecule has 0 amide bonds. The Labute approximate surface area is 89.5 Å². The van der Waals surface area contributed by atoms with E-state index in [0.29, 0.717) is 6.42 Å². The minimum atomic E-state index is -2.32. The first-order valence-corrected chi connectivity index (χ1v) is 5.06. The predicted molar refractivity (Wildman–Crippen MR) is 58.5 cm³/mol. The molecule has 0 spiro atoms. The number of aryl methyl sites for hydroxylation is 2. The Morgan fingerprint density at radius 1 is 1.20 bits per heavy atom. The summed E-state index contributed by atoms with van der Waals surface area (Å²) >= 11 is 0. The van der Waals surface area contributed by atoms with Crippen LogP contribution in [-0.2, 0) is 6.42 Å². The fourth-order valence-corrected chi connectivity index (χ4v) is 1.50. The summed E-state index contributed by atoms with van der Waals surface area (Å²) in [5.41, 5.74) is 3.30. The Morgan fingerprint density at radius 3 is 2.33 bits per heavy atom. The zero-order valence-corrected chi connectivity index (χ0v) is 9.35. The van der Waals surface area contributed by atoms with Crippen molar-refractivity contribution in [3.63, 3.8) is 0 Å². The Balaban J connectivity index is 2.75. The number of likely N-dealkylation sites (N-methyl/N-ethyl adjacent to an activating group) is 1. The molecule has 1 unspecified atom stereocenters. The van der Waals surface area contributed by atoms with Crippen LogP contribution in [0.2, 0.25) is 0 Å². The van der Waals surface area contributed by atoms with Crippen molar-refractivity contribution >= 4 is 0 Å². The third kappa shape index (κ3) is 3.27. The average molecular weight is 213 g/mol. The molecule has 0 bridgehead atoms. The maximum Gasteiger partial charge on any atom is 0.254 e. The quantitative estimate of drug-likeness (QED) is 0.810. The van der Waals surface area contributed by atoms with Crippen molar-refractivity contribution in [1.82, 2.24) is 5.32 Å². The maximum atomic E-state index is 12.5. The van der Waals surface area contributed by atoms with Crippen molar-refractivity contribution in [3.05, 3.63) is 34.9 Å². The summed E-state index contributed by atoms with van der Waals surface area (Å²) in [4.78, 5) is 0.